The molecule has 0 amide bonds. The van der Waals surface area contributed by atoms with Crippen molar-refractivity contribution in [1.29, 1.82) is 0 Å². The Morgan fingerprint density at radius 1 is 0.529 bits per heavy atom. The molecule has 104 valence electrons. The highest BCUT2D eigenvalue weighted by Crippen LogP contribution is 2.27. The van der Waals surface area contributed by atoms with Crippen LogP contribution >= 0.6 is 0 Å². The molecular weight excluding hydrogens is 204 g/mol. The minimum absolute atomic E-state index is 0.856. The van der Waals surface area contributed by atoms with Crippen molar-refractivity contribution in [2.24, 2.45) is 29.6 Å². The van der Waals surface area contributed by atoms with E-state index in [9.17, 15) is 0 Å². The fourth-order valence-electron chi connectivity index (χ4n) is 3.32. The normalized spacial score (nSPS) is 19.1. The van der Waals surface area contributed by atoms with Crippen LogP contribution < -0.4 is 0 Å². The first-order valence-electron chi connectivity index (χ1n) is 7.85. The second-order valence-electron chi connectivity index (χ2n) is 7.17. The van der Waals surface area contributed by atoms with E-state index in [0.29, 0.717) is 0 Å². The maximum atomic E-state index is 2.45. The van der Waals surface area contributed by atoms with Crippen LogP contribution in [0.2, 0.25) is 0 Å². The molecule has 0 aliphatic rings. The van der Waals surface area contributed by atoms with Crippen molar-refractivity contribution in [3.63, 3.8) is 0 Å². The lowest BCUT2D eigenvalue weighted by atomic mass is 9.83. The van der Waals surface area contributed by atoms with E-state index in [0.717, 1.165) is 29.6 Å². The monoisotopic (exact) mass is 240 g/mol. The Balaban J connectivity index is 3.80. The highest BCUT2D eigenvalue weighted by Gasteiger charge is 2.14. The molecule has 0 spiro atoms. The van der Waals surface area contributed by atoms with Crippen LogP contribution in [0.3, 0.4) is 0 Å². The highest BCUT2D eigenvalue weighted by molar-refractivity contribution is 4.66. The second kappa shape index (κ2) is 9.00. The van der Waals surface area contributed by atoms with Gasteiger partial charge in [-0.1, -0.05) is 54.9 Å². The summed E-state index contributed by atoms with van der Waals surface area (Å²) in [5.41, 5.74) is 0. The third-order valence-electron chi connectivity index (χ3n) is 3.98. The molecule has 0 saturated heterocycles. The van der Waals surface area contributed by atoms with E-state index in [2.05, 4.69) is 48.5 Å². The molecule has 0 heterocycles. The minimum Gasteiger partial charge on any atom is -0.0651 e. The van der Waals surface area contributed by atoms with Gasteiger partial charge in [-0.15, -0.1) is 0 Å². The van der Waals surface area contributed by atoms with Gasteiger partial charge in [0.05, 0.1) is 0 Å². The fourth-order valence-corrected chi connectivity index (χ4v) is 3.32. The minimum atomic E-state index is 0.856. The van der Waals surface area contributed by atoms with Gasteiger partial charge in [-0.25, -0.2) is 0 Å². The maximum Gasteiger partial charge on any atom is -0.0438 e. The molecule has 0 radical (unpaired) electrons. The zero-order chi connectivity index (χ0) is 13.4. The van der Waals surface area contributed by atoms with Gasteiger partial charge in [0.2, 0.25) is 0 Å². The summed E-state index contributed by atoms with van der Waals surface area (Å²) in [7, 11) is 0. The van der Waals surface area contributed by atoms with Crippen LogP contribution in [0.15, 0.2) is 0 Å². The van der Waals surface area contributed by atoms with E-state index in [1.165, 1.54) is 32.1 Å². The summed E-state index contributed by atoms with van der Waals surface area (Å²) in [5, 5.41) is 0. The summed E-state index contributed by atoms with van der Waals surface area (Å²) >= 11 is 0. The molecule has 0 aromatic heterocycles. The van der Waals surface area contributed by atoms with Crippen LogP contribution in [-0.2, 0) is 0 Å². The van der Waals surface area contributed by atoms with Gasteiger partial charge in [0.25, 0.3) is 0 Å². The molecule has 0 rings (SSSR count). The van der Waals surface area contributed by atoms with Crippen molar-refractivity contribution in [2.45, 2.75) is 80.6 Å². The van der Waals surface area contributed by atoms with Crippen LogP contribution in [0.5, 0.6) is 0 Å². The molecule has 0 aromatic carbocycles. The summed E-state index contributed by atoms with van der Waals surface area (Å²) < 4.78 is 0. The first-order valence-corrected chi connectivity index (χ1v) is 7.85. The maximum absolute atomic E-state index is 2.45. The van der Waals surface area contributed by atoms with Gasteiger partial charge in [0, 0.05) is 0 Å². The molecule has 0 N–H and O–H groups in total. The van der Waals surface area contributed by atoms with Crippen LogP contribution in [-0.4, -0.2) is 0 Å². The third-order valence-corrected chi connectivity index (χ3v) is 3.98. The molecule has 0 saturated carbocycles. The molecular formula is C17H36. The molecule has 0 bridgehead atoms. The van der Waals surface area contributed by atoms with E-state index in [-0.39, 0.29) is 0 Å². The molecule has 0 nitrogen and oxygen atoms in total. The molecule has 0 aromatic rings. The van der Waals surface area contributed by atoms with Gasteiger partial charge >= 0.3 is 0 Å². The second-order valence-corrected chi connectivity index (χ2v) is 7.17. The fraction of sp³-hybridized carbons (Fsp3) is 1.00. The quantitative estimate of drug-likeness (QED) is 0.453. The van der Waals surface area contributed by atoms with Crippen LogP contribution in [0.1, 0.15) is 80.6 Å². The first kappa shape index (κ1) is 17.0. The molecule has 0 aliphatic carbocycles. The SMILES string of the molecule is CCC(C)CC(C)CC(C)CC(C)CC(C)C. The van der Waals surface area contributed by atoms with E-state index in [1.54, 1.807) is 0 Å². The molecule has 0 fully saturated rings. The zero-order valence-corrected chi connectivity index (χ0v) is 13.4. The Hall–Kier alpha value is 0. The average Bonchev–Trinajstić information content (AvgIpc) is 2.14. The van der Waals surface area contributed by atoms with Crippen molar-refractivity contribution < 1.29 is 0 Å². The van der Waals surface area contributed by atoms with E-state index >= 15 is 0 Å². The van der Waals surface area contributed by atoms with Crippen LogP contribution in [0, 0.1) is 29.6 Å². The summed E-state index contributed by atoms with van der Waals surface area (Å²) in [5.74, 6) is 4.48. The molecule has 0 aliphatic heterocycles. The summed E-state index contributed by atoms with van der Waals surface area (Å²) in [6.07, 6.45) is 6.99. The number of hydrogen-bond acceptors (Lipinski definition) is 0. The van der Waals surface area contributed by atoms with Gasteiger partial charge in [0.1, 0.15) is 0 Å². The van der Waals surface area contributed by atoms with Crippen molar-refractivity contribution in [3.05, 3.63) is 0 Å². The van der Waals surface area contributed by atoms with Crippen molar-refractivity contribution in [1.82, 2.24) is 0 Å². The molecule has 0 heteroatoms. The van der Waals surface area contributed by atoms with Crippen molar-refractivity contribution >= 4 is 0 Å². The van der Waals surface area contributed by atoms with Crippen molar-refractivity contribution in [3.8, 4) is 0 Å². The smallest absolute Gasteiger partial charge is 0.0438 e. The zero-order valence-electron chi connectivity index (χ0n) is 13.4. The average molecular weight is 240 g/mol. The Morgan fingerprint density at radius 2 is 0.882 bits per heavy atom. The van der Waals surface area contributed by atoms with Crippen molar-refractivity contribution in [2.75, 3.05) is 0 Å². The first-order chi connectivity index (χ1) is 7.85. The number of rotatable bonds is 9. The molecule has 17 heavy (non-hydrogen) atoms. The highest BCUT2D eigenvalue weighted by atomic mass is 14.2. The lowest BCUT2D eigenvalue weighted by molar-refractivity contribution is 0.288. The van der Waals surface area contributed by atoms with Gasteiger partial charge < -0.3 is 0 Å². The predicted molar refractivity (Wildman–Crippen MR) is 80.3 cm³/mol. The lowest BCUT2D eigenvalue weighted by Gasteiger charge is -2.23. The van der Waals surface area contributed by atoms with Gasteiger partial charge in [-0.3, -0.25) is 0 Å². The van der Waals surface area contributed by atoms with E-state index in [4.69, 9.17) is 0 Å². The summed E-state index contributed by atoms with van der Waals surface area (Å²) in [6.45, 7) is 16.7. The lowest BCUT2D eigenvalue weighted by Crippen LogP contribution is -2.11. The molecule has 4 atom stereocenters. The largest absolute Gasteiger partial charge is 0.0651 e. The van der Waals surface area contributed by atoms with Crippen LogP contribution in [0.25, 0.3) is 0 Å². The van der Waals surface area contributed by atoms with Gasteiger partial charge in [0.15, 0.2) is 0 Å². The Kier molecular flexibility index (Phi) is 9.00. The Labute approximate surface area is 111 Å². The van der Waals surface area contributed by atoms with Gasteiger partial charge in [-0.2, -0.15) is 0 Å². The number of hydrogen-bond donors (Lipinski definition) is 0. The Morgan fingerprint density at radius 3 is 1.24 bits per heavy atom. The topological polar surface area (TPSA) is 0 Å². The molecule has 4 unspecified atom stereocenters. The summed E-state index contributed by atoms with van der Waals surface area (Å²) in [4.78, 5) is 0. The summed E-state index contributed by atoms with van der Waals surface area (Å²) in [6, 6.07) is 0. The van der Waals surface area contributed by atoms with Crippen LogP contribution in [0.4, 0.5) is 0 Å². The van der Waals surface area contributed by atoms with E-state index in [1.807, 2.05) is 0 Å². The Bertz CT molecular complexity index is 171. The third kappa shape index (κ3) is 9.68. The van der Waals surface area contributed by atoms with Gasteiger partial charge in [-0.05, 0) is 55.3 Å². The predicted octanol–water partition coefficient (Wildman–Crippen LogP) is 6.16. The standard InChI is InChI=1S/C17H36/c1-8-14(4)10-16(6)12-17(7)11-15(5)9-13(2)3/h13-17H,8-12H2,1-7H3. The van der Waals surface area contributed by atoms with E-state index < -0.39 is 0 Å².